The molecule has 5 heteroatoms. The monoisotopic (exact) mass is 326 g/mol. The van der Waals surface area contributed by atoms with Crippen molar-refractivity contribution >= 4 is 21.9 Å². The van der Waals surface area contributed by atoms with Gasteiger partial charge in [0.15, 0.2) is 6.79 Å². The maximum atomic E-state index is 12.7. The largest absolute Gasteiger partial charge is 0.508 e. The lowest BCUT2D eigenvalue weighted by molar-refractivity contribution is 0.0978. The molecule has 124 valence electrons. The number of hydrogen-bond acceptors (Lipinski definition) is 5. The SMILES string of the molecule is CC(C)=CCc1cc2oc3ccc(O)cc3c(=O)c2cc1OCO. The fourth-order valence-electron chi connectivity index (χ4n) is 2.59. The minimum absolute atomic E-state index is 0.00107. The molecule has 0 unspecified atom stereocenters. The summed E-state index contributed by atoms with van der Waals surface area (Å²) in [5.74, 6) is 0.440. The Kier molecular flexibility index (Phi) is 4.27. The van der Waals surface area contributed by atoms with Crippen LogP contribution in [0.5, 0.6) is 11.5 Å². The molecule has 1 aromatic heterocycles. The Balaban J connectivity index is 2.29. The van der Waals surface area contributed by atoms with E-state index in [4.69, 9.17) is 14.3 Å². The fourth-order valence-corrected chi connectivity index (χ4v) is 2.59. The zero-order valence-electron chi connectivity index (χ0n) is 13.5. The molecule has 0 amide bonds. The highest BCUT2D eigenvalue weighted by atomic mass is 16.6. The number of ether oxygens (including phenoxy) is 1. The number of fused-ring (bicyclic) bond motifs is 2. The van der Waals surface area contributed by atoms with Gasteiger partial charge in [-0.05, 0) is 50.6 Å². The highest BCUT2D eigenvalue weighted by Crippen LogP contribution is 2.28. The van der Waals surface area contributed by atoms with Crippen LogP contribution in [0.1, 0.15) is 19.4 Å². The molecule has 2 aromatic carbocycles. The highest BCUT2D eigenvalue weighted by molar-refractivity contribution is 5.91. The Bertz CT molecular complexity index is 994. The van der Waals surface area contributed by atoms with Crippen LogP contribution in [0.4, 0.5) is 0 Å². The number of hydrogen-bond donors (Lipinski definition) is 2. The first-order valence-electron chi connectivity index (χ1n) is 7.59. The molecular weight excluding hydrogens is 308 g/mol. The molecule has 0 aliphatic rings. The summed E-state index contributed by atoms with van der Waals surface area (Å²) in [7, 11) is 0. The van der Waals surface area contributed by atoms with Crippen molar-refractivity contribution in [1.82, 2.24) is 0 Å². The minimum atomic E-state index is -0.479. The van der Waals surface area contributed by atoms with Crippen molar-refractivity contribution in [3.8, 4) is 11.5 Å². The molecule has 3 aromatic rings. The molecule has 5 nitrogen and oxygen atoms in total. The van der Waals surface area contributed by atoms with E-state index in [1.165, 1.54) is 12.1 Å². The van der Waals surface area contributed by atoms with Gasteiger partial charge in [0.2, 0.25) is 5.43 Å². The molecule has 1 heterocycles. The van der Waals surface area contributed by atoms with Gasteiger partial charge >= 0.3 is 0 Å². The van der Waals surface area contributed by atoms with Crippen LogP contribution in [0.3, 0.4) is 0 Å². The maximum Gasteiger partial charge on any atom is 0.200 e. The van der Waals surface area contributed by atoms with Gasteiger partial charge in [0, 0.05) is 5.56 Å². The van der Waals surface area contributed by atoms with Gasteiger partial charge in [-0.3, -0.25) is 4.79 Å². The van der Waals surface area contributed by atoms with Gasteiger partial charge in [-0.15, -0.1) is 0 Å². The molecule has 0 aliphatic heterocycles. The summed E-state index contributed by atoms with van der Waals surface area (Å²) in [6.45, 7) is 3.51. The zero-order valence-corrected chi connectivity index (χ0v) is 13.5. The quantitative estimate of drug-likeness (QED) is 0.436. The van der Waals surface area contributed by atoms with Crippen LogP contribution in [0.15, 0.2) is 51.2 Å². The van der Waals surface area contributed by atoms with Gasteiger partial charge in [0.25, 0.3) is 0 Å². The van der Waals surface area contributed by atoms with Crippen LogP contribution < -0.4 is 10.2 Å². The van der Waals surface area contributed by atoms with Gasteiger partial charge < -0.3 is 19.4 Å². The summed E-state index contributed by atoms with van der Waals surface area (Å²) in [5, 5.41) is 19.3. The predicted molar refractivity (Wildman–Crippen MR) is 92.5 cm³/mol. The zero-order chi connectivity index (χ0) is 17.3. The lowest BCUT2D eigenvalue weighted by Crippen LogP contribution is -2.05. The first-order chi connectivity index (χ1) is 11.5. The van der Waals surface area contributed by atoms with Gasteiger partial charge in [-0.25, -0.2) is 0 Å². The summed E-state index contributed by atoms with van der Waals surface area (Å²) >= 11 is 0. The Morgan fingerprint density at radius 1 is 1.17 bits per heavy atom. The molecular formula is C19H18O5. The second-order valence-corrected chi connectivity index (χ2v) is 5.83. The van der Waals surface area contributed by atoms with E-state index < -0.39 is 6.79 Å². The van der Waals surface area contributed by atoms with Gasteiger partial charge in [0.05, 0.1) is 10.8 Å². The third-order valence-electron chi connectivity index (χ3n) is 3.79. The minimum Gasteiger partial charge on any atom is -0.508 e. The fraction of sp³-hybridized carbons (Fsp3) is 0.211. The molecule has 24 heavy (non-hydrogen) atoms. The Morgan fingerprint density at radius 2 is 1.92 bits per heavy atom. The lowest BCUT2D eigenvalue weighted by Gasteiger charge is -2.10. The second-order valence-electron chi connectivity index (χ2n) is 5.83. The van der Waals surface area contributed by atoms with E-state index in [1.807, 2.05) is 19.9 Å². The van der Waals surface area contributed by atoms with Crippen LogP contribution in [0, 0.1) is 0 Å². The molecule has 0 spiro atoms. The molecule has 0 saturated heterocycles. The molecule has 0 atom stereocenters. The van der Waals surface area contributed by atoms with E-state index in [0.717, 1.165) is 11.1 Å². The molecule has 0 saturated carbocycles. The number of aliphatic hydroxyl groups excluding tert-OH is 1. The summed E-state index contributed by atoms with van der Waals surface area (Å²) in [5.41, 5.74) is 2.58. The first kappa shape index (κ1) is 16.1. The van der Waals surface area contributed by atoms with Gasteiger partial charge in [-0.2, -0.15) is 0 Å². The number of benzene rings is 2. The summed E-state index contributed by atoms with van der Waals surface area (Å²) in [6.07, 6.45) is 2.63. The summed E-state index contributed by atoms with van der Waals surface area (Å²) in [6, 6.07) is 7.76. The number of rotatable bonds is 4. The van der Waals surface area contributed by atoms with E-state index >= 15 is 0 Å². The number of aromatic hydroxyl groups is 1. The predicted octanol–water partition coefficient (Wildman–Crippen LogP) is 3.49. The smallest absolute Gasteiger partial charge is 0.200 e. The third kappa shape index (κ3) is 2.98. The van der Waals surface area contributed by atoms with E-state index in [0.29, 0.717) is 34.1 Å². The van der Waals surface area contributed by atoms with Crippen molar-refractivity contribution in [2.24, 2.45) is 0 Å². The third-order valence-corrected chi connectivity index (χ3v) is 3.79. The van der Waals surface area contributed by atoms with Crippen molar-refractivity contribution in [2.45, 2.75) is 20.3 Å². The van der Waals surface area contributed by atoms with Crippen molar-refractivity contribution in [3.63, 3.8) is 0 Å². The number of phenols is 1. The topological polar surface area (TPSA) is 79.9 Å². The van der Waals surface area contributed by atoms with Crippen LogP contribution in [-0.2, 0) is 6.42 Å². The van der Waals surface area contributed by atoms with E-state index in [-0.39, 0.29) is 11.2 Å². The average Bonchev–Trinajstić information content (AvgIpc) is 2.54. The number of allylic oxidation sites excluding steroid dienone is 2. The standard InChI is InChI=1S/C19H18O5/c1-11(2)3-4-12-7-18-15(9-17(12)23-10-20)19(22)14-8-13(21)5-6-16(14)24-18/h3,5-9,20-21H,4,10H2,1-2H3. The van der Waals surface area contributed by atoms with E-state index in [1.54, 1.807) is 18.2 Å². The molecule has 0 radical (unpaired) electrons. The van der Waals surface area contributed by atoms with E-state index in [9.17, 15) is 9.90 Å². The normalized spacial score (nSPS) is 11.0. The average molecular weight is 326 g/mol. The summed E-state index contributed by atoms with van der Waals surface area (Å²) < 4.78 is 11.1. The van der Waals surface area contributed by atoms with Crippen molar-refractivity contribution in [3.05, 3.63) is 57.8 Å². The maximum absolute atomic E-state index is 12.7. The van der Waals surface area contributed by atoms with E-state index in [2.05, 4.69) is 0 Å². The Labute approximate surface area is 138 Å². The molecule has 0 fully saturated rings. The lowest BCUT2D eigenvalue weighted by atomic mass is 10.0. The van der Waals surface area contributed by atoms with Crippen molar-refractivity contribution in [1.29, 1.82) is 0 Å². The van der Waals surface area contributed by atoms with Crippen LogP contribution in [0.2, 0.25) is 0 Å². The van der Waals surface area contributed by atoms with Gasteiger partial charge in [0.1, 0.15) is 22.7 Å². The molecule has 2 N–H and O–H groups in total. The van der Waals surface area contributed by atoms with Crippen LogP contribution in [0.25, 0.3) is 21.9 Å². The first-order valence-corrected chi connectivity index (χ1v) is 7.59. The Morgan fingerprint density at radius 3 is 2.62 bits per heavy atom. The molecule has 0 bridgehead atoms. The van der Waals surface area contributed by atoms with Crippen LogP contribution in [-0.4, -0.2) is 17.0 Å². The van der Waals surface area contributed by atoms with Crippen molar-refractivity contribution < 1.29 is 19.4 Å². The highest BCUT2D eigenvalue weighted by Gasteiger charge is 2.13. The summed E-state index contributed by atoms with van der Waals surface area (Å²) in [4.78, 5) is 12.7. The molecule has 0 aliphatic carbocycles. The van der Waals surface area contributed by atoms with Crippen LogP contribution >= 0.6 is 0 Å². The number of phenolic OH excluding ortho intramolecular Hbond substituents is 1. The van der Waals surface area contributed by atoms with Gasteiger partial charge in [-0.1, -0.05) is 11.6 Å². The number of aliphatic hydroxyl groups is 1. The molecule has 3 rings (SSSR count). The van der Waals surface area contributed by atoms with Crippen molar-refractivity contribution in [2.75, 3.05) is 6.79 Å². The Hall–Kier alpha value is -2.79. The second kappa shape index (κ2) is 6.37.